The van der Waals surface area contributed by atoms with Crippen LogP contribution < -0.4 is 21.3 Å². The van der Waals surface area contributed by atoms with E-state index in [-0.39, 0.29) is 48.1 Å². The quantitative estimate of drug-likeness (QED) is 0.103. The van der Waals surface area contributed by atoms with Crippen molar-refractivity contribution in [1.82, 2.24) is 41.5 Å². The average molecular weight is 850 g/mol. The number of aryl methyl sites for hydroxylation is 1. The van der Waals surface area contributed by atoms with E-state index in [4.69, 9.17) is 9.47 Å². The number of hydrogen-bond acceptors (Lipinski definition) is 10. The van der Waals surface area contributed by atoms with E-state index in [9.17, 15) is 24.0 Å². The maximum absolute atomic E-state index is 13.9. The van der Waals surface area contributed by atoms with Crippen LogP contribution in [-0.2, 0) is 25.5 Å². The number of carbonyl (C=O) groups excluding carboxylic acids is 5. The van der Waals surface area contributed by atoms with Gasteiger partial charge in [0.2, 0.25) is 17.6 Å². The minimum Gasteiger partial charge on any atom is -0.444 e. The molecule has 16 nitrogen and oxygen atoms in total. The molecule has 2 atom stereocenters. The lowest BCUT2D eigenvalue weighted by molar-refractivity contribution is -0.130. The van der Waals surface area contributed by atoms with Crippen LogP contribution in [0.3, 0.4) is 0 Å². The molecule has 1 saturated heterocycles. The van der Waals surface area contributed by atoms with Crippen LogP contribution in [0.1, 0.15) is 95.1 Å². The molecule has 5 N–H and O–H groups in total. The minimum absolute atomic E-state index is 0.170. The van der Waals surface area contributed by atoms with Crippen molar-refractivity contribution in [2.24, 2.45) is 11.8 Å². The lowest BCUT2D eigenvalue weighted by atomic mass is 9.81. The SMILES string of the molecule is Cc1cc(C(=O)NC2CCN(C(=O)OC(C)(C)C)C2)ccc1-c1ccc(CC(NC(=O)C2CCC(CNC(=O)OC(C)(C)C)CC2)C(=O)Nc2ccc(-c3nn[nH]n3)cc2)cc1. The number of hydrogen-bond donors (Lipinski definition) is 5. The summed E-state index contributed by atoms with van der Waals surface area (Å²) in [5.74, 6) is -0.350. The molecular formula is C46H59N9O7. The van der Waals surface area contributed by atoms with Crippen LogP contribution in [0, 0.1) is 18.8 Å². The summed E-state index contributed by atoms with van der Waals surface area (Å²) in [6.45, 7) is 14.3. The fourth-order valence-electron chi connectivity index (χ4n) is 7.71. The number of likely N-dealkylation sites (tertiary alicyclic amines) is 1. The van der Waals surface area contributed by atoms with E-state index in [2.05, 4.69) is 41.9 Å². The molecule has 1 aromatic heterocycles. The summed E-state index contributed by atoms with van der Waals surface area (Å²) < 4.78 is 10.8. The Bertz CT molecular complexity index is 2190. The van der Waals surface area contributed by atoms with Gasteiger partial charge in [0.1, 0.15) is 17.2 Å². The van der Waals surface area contributed by atoms with Crippen LogP contribution in [0.25, 0.3) is 22.5 Å². The van der Waals surface area contributed by atoms with Crippen molar-refractivity contribution >= 4 is 35.6 Å². The van der Waals surface area contributed by atoms with Crippen molar-refractivity contribution in [3.8, 4) is 22.5 Å². The summed E-state index contributed by atoms with van der Waals surface area (Å²) in [6, 6.07) is 19.4. The number of ether oxygens (including phenoxy) is 2. The number of nitrogens with one attached hydrogen (secondary N) is 5. The Hall–Kier alpha value is -6.32. The van der Waals surface area contributed by atoms with Crippen LogP contribution in [0.4, 0.5) is 15.3 Å². The molecule has 62 heavy (non-hydrogen) atoms. The molecule has 330 valence electrons. The van der Waals surface area contributed by atoms with Gasteiger partial charge < -0.3 is 35.6 Å². The first-order chi connectivity index (χ1) is 29.4. The number of alkyl carbamates (subject to hydrolysis) is 1. The normalized spacial score (nSPS) is 18.3. The van der Waals surface area contributed by atoms with Crippen molar-refractivity contribution < 1.29 is 33.4 Å². The fourth-order valence-corrected chi connectivity index (χ4v) is 7.71. The second kappa shape index (κ2) is 19.6. The number of benzene rings is 3. The van der Waals surface area contributed by atoms with Crippen LogP contribution >= 0.6 is 0 Å². The van der Waals surface area contributed by atoms with E-state index in [0.29, 0.717) is 56.0 Å². The van der Waals surface area contributed by atoms with Gasteiger partial charge in [-0.05, 0) is 150 Å². The van der Waals surface area contributed by atoms with Crippen molar-refractivity contribution in [1.29, 1.82) is 0 Å². The highest BCUT2D eigenvalue weighted by Crippen LogP contribution is 2.30. The molecule has 3 aromatic carbocycles. The van der Waals surface area contributed by atoms with Crippen LogP contribution in [-0.4, -0.2) is 98.4 Å². The van der Waals surface area contributed by atoms with Gasteiger partial charge in [0.25, 0.3) is 5.91 Å². The first-order valence-electron chi connectivity index (χ1n) is 21.3. The maximum Gasteiger partial charge on any atom is 0.410 e. The summed E-state index contributed by atoms with van der Waals surface area (Å²) in [5, 5.41) is 26.0. The Morgan fingerprint density at radius 2 is 1.52 bits per heavy atom. The molecule has 2 fully saturated rings. The molecule has 1 saturated carbocycles. The number of aromatic nitrogens is 4. The maximum atomic E-state index is 13.9. The number of anilines is 1. The molecule has 0 bridgehead atoms. The number of rotatable bonds is 12. The highest BCUT2D eigenvalue weighted by atomic mass is 16.6. The first kappa shape index (κ1) is 45.2. The van der Waals surface area contributed by atoms with Crippen LogP contribution in [0.5, 0.6) is 0 Å². The van der Waals surface area contributed by atoms with E-state index < -0.39 is 23.3 Å². The van der Waals surface area contributed by atoms with Gasteiger partial charge in [-0.15, -0.1) is 10.2 Å². The van der Waals surface area contributed by atoms with Gasteiger partial charge in [-0.3, -0.25) is 14.4 Å². The van der Waals surface area contributed by atoms with E-state index in [1.807, 2.05) is 84.9 Å². The summed E-state index contributed by atoms with van der Waals surface area (Å²) in [7, 11) is 0. The standard InChI is InChI=1S/C46H59N9O7/c1-28-24-34(41(57)49-36-22-23-55(27-36)44(60)62-46(5,6)7)18-21-37(28)31-12-8-29(9-13-31)25-38(42(58)48-35-19-16-32(17-20-35)39-51-53-54-52-39)50-40(56)33-14-10-30(11-15-33)26-47-43(59)61-45(2,3)4/h8-9,12-13,16-21,24,30,33,36,38H,10-11,14-15,22-23,25-27H2,1-7H3,(H,47,59)(H,48,58)(H,49,57)(H,50,56)(H,51,52,53,54). The fraction of sp³-hybridized carbons (Fsp3) is 0.478. The van der Waals surface area contributed by atoms with Gasteiger partial charge >= 0.3 is 12.2 Å². The molecule has 2 aliphatic rings. The van der Waals surface area contributed by atoms with E-state index >= 15 is 0 Å². The van der Waals surface area contributed by atoms with Crippen molar-refractivity contribution in [2.75, 3.05) is 25.0 Å². The van der Waals surface area contributed by atoms with E-state index in [1.165, 1.54) is 0 Å². The molecule has 0 spiro atoms. The Morgan fingerprint density at radius 1 is 0.839 bits per heavy atom. The minimum atomic E-state index is -0.868. The first-order valence-corrected chi connectivity index (χ1v) is 21.3. The van der Waals surface area contributed by atoms with Gasteiger partial charge in [-0.2, -0.15) is 5.21 Å². The number of amides is 5. The third-order valence-electron chi connectivity index (χ3n) is 10.9. The van der Waals surface area contributed by atoms with Crippen LogP contribution in [0.15, 0.2) is 66.7 Å². The van der Waals surface area contributed by atoms with Gasteiger partial charge in [0.15, 0.2) is 0 Å². The predicted molar refractivity (Wildman–Crippen MR) is 234 cm³/mol. The van der Waals surface area contributed by atoms with Gasteiger partial charge in [0.05, 0.1) is 0 Å². The molecule has 2 unspecified atom stereocenters. The van der Waals surface area contributed by atoms with Crippen molar-refractivity contribution in [2.45, 2.75) is 110 Å². The zero-order valence-electron chi connectivity index (χ0n) is 36.7. The third-order valence-corrected chi connectivity index (χ3v) is 10.9. The average Bonchev–Trinajstić information content (AvgIpc) is 3.93. The Morgan fingerprint density at radius 3 is 2.15 bits per heavy atom. The summed E-state index contributed by atoms with van der Waals surface area (Å²) >= 11 is 0. The smallest absolute Gasteiger partial charge is 0.410 e. The number of carbonyl (C=O) groups is 5. The third kappa shape index (κ3) is 12.8. The Kier molecular flexibility index (Phi) is 14.3. The highest BCUT2D eigenvalue weighted by Gasteiger charge is 2.32. The zero-order chi connectivity index (χ0) is 44.6. The molecular weight excluding hydrogens is 791 g/mol. The molecule has 0 radical (unpaired) electrons. The largest absolute Gasteiger partial charge is 0.444 e. The Balaban J connectivity index is 1.08. The van der Waals surface area contributed by atoms with Gasteiger partial charge in [0, 0.05) is 54.8 Å². The molecule has 16 heteroatoms. The van der Waals surface area contributed by atoms with Crippen molar-refractivity contribution in [3.05, 3.63) is 83.4 Å². The predicted octanol–water partition coefficient (Wildman–Crippen LogP) is 6.58. The second-order valence-corrected chi connectivity index (χ2v) is 18.3. The summed E-state index contributed by atoms with van der Waals surface area (Å²) in [4.78, 5) is 67.2. The van der Waals surface area contributed by atoms with E-state index in [0.717, 1.165) is 40.7 Å². The molecule has 1 aliphatic heterocycles. The lowest BCUT2D eigenvalue weighted by Crippen LogP contribution is -2.48. The summed E-state index contributed by atoms with van der Waals surface area (Å²) in [5.41, 5.74) is 4.29. The molecule has 1 aliphatic carbocycles. The van der Waals surface area contributed by atoms with E-state index in [1.54, 1.807) is 35.2 Å². The van der Waals surface area contributed by atoms with Gasteiger partial charge in [-0.1, -0.05) is 30.3 Å². The van der Waals surface area contributed by atoms with Crippen LogP contribution in [0.2, 0.25) is 0 Å². The topological polar surface area (TPSA) is 210 Å². The number of tetrazole rings is 1. The Labute approximate surface area is 362 Å². The lowest BCUT2D eigenvalue weighted by Gasteiger charge is -2.29. The monoisotopic (exact) mass is 849 g/mol. The molecule has 4 aromatic rings. The number of nitrogens with zero attached hydrogens (tertiary/aromatic N) is 4. The number of aromatic amines is 1. The molecule has 5 amide bonds. The highest BCUT2D eigenvalue weighted by molar-refractivity contribution is 5.98. The second-order valence-electron chi connectivity index (χ2n) is 18.3. The molecule has 6 rings (SSSR count). The number of H-pyrrole nitrogens is 1. The van der Waals surface area contributed by atoms with Crippen molar-refractivity contribution in [3.63, 3.8) is 0 Å². The summed E-state index contributed by atoms with van der Waals surface area (Å²) in [6.07, 6.45) is 2.87. The zero-order valence-corrected chi connectivity index (χ0v) is 36.7. The van der Waals surface area contributed by atoms with Gasteiger partial charge in [-0.25, -0.2) is 9.59 Å². The molecule has 2 heterocycles.